The highest BCUT2D eigenvalue weighted by Crippen LogP contribution is 2.31. The zero-order valence-electron chi connectivity index (χ0n) is 14.2. The standard InChI is InChI=1S/C19H21ClN2O2/c1-13-14(2)22(10-11-23-3)18-16(13)8-9-21-19(18)24-12-15-6-4-5-7-17(15)20/h4-9H,10-12H2,1-3H3. The second-order valence-electron chi connectivity index (χ2n) is 5.75. The number of pyridine rings is 1. The minimum atomic E-state index is 0.388. The Bertz CT molecular complexity index is 858. The number of nitrogens with zero attached hydrogens (tertiary/aromatic N) is 2. The fraction of sp³-hybridized carbons (Fsp3) is 0.316. The molecule has 0 saturated heterocycles. The van der Waals surface area contributed by atoms with Crippen LogP contribution in [0.3, 0.4) is 0 Å². The molecule has 2 aromatic heterocycles. The van der Waals surface area contributed by atoms with Crippen LogP contribution in [-0.4, -0.2) is 23.3 Å². The van der Waals surface area contributed by atoms with Gasteiger partial charge in [-0.3, -0.25) is 0 Å². The number of hydrogen-bond acceptors (Lipinski definition) is 3. The smallest absolute Gasteiger partial charge is 0.238 e. The molecule has 126 valence electrons. The van der Waals surface area contributed by atoms with E-state index in [1.807, 2.05) is 30.3 Å². The molecular weight excluding hydrogens is 324 g/mol. The number of rotatable bonds is 6. The topological polar surface area (TPSA) is 36.3 Å². The summed E-state index contributed by atoms with van der Waals surface area (Å²) in [6, 6.07) is 9.72. The molecule has 5 heteroatoms. The first-order valence-corrected chi connectivity index (χ1v) is 8.30. The molecule has 3 aromatic rings. The van der Waals surface area contributed by atoms with Crippen LogP contribution in [-0.2, 0) is 17.9 Å². The third-order valence-corrected chi connectivity index (χ3v) is 4.72. The van der Waals surface area contributed by atoms with Crippen LogP contribution in [0.5, 0.6) is 5.88 Å². The second-order valence-corrected chi connectivity index (χ2v) is 6.15. The summed E-state index contributed by atoms with van der Waals surface area (Å²) in [5.74, 6) is 0.625. The van der Waals surface area contributed by atoms with Gasteiger partial charge in [-0.25, -0.2) is 4.98 Å². The maximum absolute atomic E-state index is 6.22. The minimum absolute atomic E-state index is 0.388. The van der Waals surface area contributed by atoms with Crippen molar-refractivity contribution in [2.45, 2.75) is 27.0 Å². The molecule has 4 nitrogen and oxygen atoms in total. The number of halogens is 1. The van der Waals surface area contributed by atoms with Crippen LogP contribution in [0, 0.1) is 13.8 Å². The zero-order chi connectivity index (χ0) is 17.1. The van der Waals surface area contributed by atoms with Crippen LogP contribution < -0.4 is 4.74 Å². The van der Waals surface area contributed by atoms with Crippen molar-refractivity contribution in [3.63, 3.8) is 0 Å². The van der Waals surface area contributed by atoms with Crippen molar-refractivity contribution in [1.29, 1.82) is 0 Å². The quantitative estimate of drug-likeness (QED) is 0.659. The molecule has 0 amide bonds. The molecule has 0 saturated carbocycles. The molecule has 24 heavy (non-hydrogen) atoms. The van der Waals surface area contributed by atoms with Gasteiger partial charge in [-0.2, -0.15) is 0 Å². The highest BCUT2D eigenvalue weighted by atomic mass is 35.5. The van der Waals surface area contributed by atoms with Gasteiger partial charge >= 0.3 is 0 Å². The summed E-state index contributed by atoms with van der Waals surface area (Å²) in [6.45, 7) is 6.03. The molecule has 0 N–H and O–H groups in total. The Kier molecular flexibility index (Phi) is 5.07. The molecule has 0 fully saturated rings. The van der Waals surface area contributed by atoms with Gasteiger partial charge in [-0.1, -0.05) is 29.8 Å². The molecule has 0 atom stereocenters. The number of aromatic nitrogens is 2. The highest BCUT2D eigenvalue weighted by Gasteiger charge is 2.16. The number of aryl methyl sites for hydroxylation is 1. The average Bonchev–Trinajstić information content (AvgIpc) is 2.84. The average molecular weight is 345 g/mol. The van der Waals surface area contributed by atoms with Gasteiger partial charge in [0.15, 0.2) is 0 Å². The molecular formula is C19H21ClN2O2. The van der Waals surface area contributed by atoms with Crippen molar-refractivity contribution < 1.29 is 9.47 Å². The fourth-order valence-electron chi connectivity index (χ4n) is 2.89. The van der Waals surface area contributed by atoms with Gasteiger partial charge in [0.2, 0.25) is 5.88 Å². The minimum Gasteiger partial charge on any atom is -0.471 e. The number of fused-ring (bicyclic) bond motifs is 1. The molecule has 0 unspecified atom stereocenters. The Labute approximate surface area is 147 Å². The van der Waals surface area contributed by atoms with E-state index in [0.717, 1.165) is 23.0 Å². The molecule has 0 aliphatic carbocycles. The third-order valence-electron chi connectivity index (χ3n) is 4.35. The van der Waals surface area contributed by atoms with Crippen molar-refractivity contribution in [3.8, 4) is 5.88 Å². The van der Waals surface area contributed by atoms with Gasteiger partial charge < -0.3 is 14.0 Å². The summed E-state index contributed by atoms with van der Waals surface area (Å²) < 4.78 is 13.5. The first-order valence-electron chi connectivity index (χ1n) is 7.93. The van der Waals surface area contributed by atoms with Gasteiger partial charge in [0, 0.05) is 41.5 Å². The Morgan fingerprint density at radius 1 is 1.17 bits per heavy atom. The third kappa shape index (κ3) is 3.12. The zero-order valence-corrected chi connectivity index (χ0v) is 14.9. The van der Waals surface area contributed by atoms with Crippen LogP contribution in [0.1, 0.15) is 16.8 Å². The predicted octanol–water partition coefficient (Wildman–Crippen LogP) is 4.53. The lowest BCUT2D eigenvalue weighted by Gasteiger charge is -2.12. The normalized spacial score (nSPS) is 11.2. The summed E-state index contributed by atoms with van der Waals surface area (Å²) in [6.07, 6.45) is 1.79. The van der Waals surface area contributed by atoms with Crippen molar-refractivity contribution in [1.82, 2.24) is 9.55 Å². The van der Waals surface area contributed by atoms with E-state index in [-0.39, 0.29) is 0 Å². The molecule has 1 aromatic carbocycles. The highest BCUT2D eigenvalue weighted by molar-refractivity contribution is 6.31. The first-order chi connectivity index (χ1) is 11.6. The maximum Gasteiger partial charge on any atom is 0.238 e. The van der Waals surface area contributed by atoms with E-state index in [1.54, 1.807) is 13.3 Å². The fourth-order valence-corrected chi connectivity index (χ4v) is 3.08. The van der Waals surface area contributed by atoms with Gasteiger partial charge in [-0.15, -0.1) is 0 Å². The van der Waals surface area contributed by atoms with E-state index in [1.165, 1.54) is 11.3 Å². The Morgan fingerprint density at radius 2 is 1.96 bits per heavy atom. The van der Waals surface area contributed by atoms with Crippen molar-refractivity contribution in [3.05, 3.63) is 58.4 Å². The second kappa shape index (κ2) is 7.24. The van der Waals surface area contributed by atoms with Crippen LogP contribution in [0.2, 0.25) is 5.02 Å². The lowest BCUT2D eigenvalue weighted by Crippen LogP contribution is -2.07. The van der Waals surface area contributed by atoms with E-state index < -0.39 is 0 Å². The largest absolute Gasteiger partial charge is 0.471 e. The van der Waals surface area contributed by atoms with Gasteiger partial charge in [0.25, 0.3) is 0 Å². The van der Waals surface area contributed by atoms with Gasteiger partial charge in [-0.05, 0) is 31.5 Å². The van der Waals surface area contributed by atoms with Crippen molar-refractivity contribution in [2.24, 2.45) is 0 Å². The molecule has 0 bridgehead atoms. The number of methoxy groups -OCH3 is 1. The Morgan fingerprint density at radius 3 is 2.71 bits per heavy atom. The number of ether oxygens (including phenoxy) is 2. The molecule has 0 radical (unpaired) electrons. The molecule has 0 spiro atoms. The van der Waals surface area contributed by atoms with Crippen molar-refractivity contribution in [2.75, 3.05) is 13.7 Å². The number of benzene rings is 1. The Balaban J connectivity index is 1.98. The van der Waals surface area contributed by atoms with Gasteiger partial charge in [0.05, 0.1) is 6.61 Å². The SMILES string of the molecule is COCCn1c(C)c(C)c2ccnc(OCc3ccccc3Cl)c21. The van der Waals surface area contributed by atoms with E-state index in [9.17, 15) is 0 Å². The molecule has 0 aliphatic heterocycles. The van der Waals surface area contributed by atoms with Crippen LogP contribution in [0.15, 0.2) is 36.5 Å². The lowest BCUT2D eigenvalue weighted by atomic mass is 10.2. The van der Waals surface area contributed by atoms with Crippen molar-refractivity contribution >= 4 is 22.5 Å². The summed E-state index contributed by atoms with van der Waals surface area (Å²) in [5.41, 5.74) is 4.40. The first kappa shape index (κ1) is 16.8. The van der Waals surface area contributed by atoms with Gasteiger partial charge in [0.1, 0.15) is 12.1 Å². The predicted molar refractivity (Wildman–Crippen MR) is 96.9 cm³/mol. The van der Waals surface area contributed by atoms with E-state index in [0.29, 0.717) is 24.1 Å². The maximum atomic E-state index is 6.22. The molecule has 0 aliphatic rings. The summed E-state index contributed by atoms with van der Waals surface area (Å²) in [5, 5.41) is 1.86. The van der Waals surface area contributed by atoms with Crippen LogP contribution in [0.4, 0.5) is 0 Å². The van der Waals surface area contributed by atoms with Crippen LogP contribution >= 0.6 is 11.6 Å². The van der Waals surface area contributed by atoms with E-state index >= 15 is 0 Å². The number of hydrogen-bond donors (Lipinski definition) is 0. The summed E-state index contributed by atoms with van der Waals surface area (Å²) in [4.78, 5) is 4.45. The van der Waals surface area contributed by atoms with E-state index in [4.69, 9.17) is 21.1 Å². The Hall–Kier alpha value is -2.04. The molecule has 2 heterocycles. The van der Waals surface area contributed by atoms with E-state index in [2.05, 4.69) is 23.4 Å². The lowest BCUT2D eigenvalue weighted by molar-refractivity contribution is 0.187. The molecule has 3 rings (SSSR count). The summed E-state index contributed by atoms with van der Waals surface area (Å²) in [7, 11) is 1.71. The monoisotopic (exact) mass is 344 g/mol. The summed E-state index contributed by atoms with van der Waals surface area (Å²) >= 11 is 6.22. The van der Waals surface area contributed by atoms with Crippen LogP contribution in [0.25, 0.3) is 10.9 Å².